The van der Waals surface area contributed by atoms with E-state index in [1.165, 1.54) is 22.5 Å². The first-order valence-corrected chi connectivity index (χ1v) is 8.33. The lowest BCUT2D eigenvalue weighted by atomic mass is 9.87. The SMILES string of the molecule is O=C(Nc1nccs1)N(CCO)[C@@H]1CCCc2ccccc21. The van der Waals surface area contributed by atoms with Crippen LogP contribution in [0.4, 0.5) is 9.93 Å². The summed E-state index contributed by atoms with van der Waals surface area (Å²) in [7, 11) is 0. The number of aryl methyl sites for hydroxylation is 1. The average molecular weight is 317 g/mol. The maximum absolute atomic E-state index is 12.6. The number of fused-ring (bicyclic) bond motifs is 1. The molecule has 0 saturated heterocycles. The third kappa shape index (κ3) is 3.13. The Labute approximate surface area is 133 Å². The van der Waals surface area contributed by atoms with Gasteiger partial charge in [-0.2, -0.15) is 0 Å². The van der Waals surface area contributed by atoms with Crippen molar-refractivity contribution >= 4 is 22.5 Å². The van der Waals surface area contributed by atoms with Crippen molar-refractivity contribution in [1.29, 1.82) is 0 Å². The number of hydrogen-bond acceptors (Lipinski definition) is 4. The number of rotatable bonds is 4. The fourth-order valence-corrected chi connectivity index (χ4v) is 3.53. The van der Waals surface area contributed by atoms with Crippen LogP contribution in [0, 0.1) is 0 Å². The third-order valence-corrected chi connectivity index (χ3v) is 4.65. The number of aromatic nitrogens is 1. The van der Waals surface area contributed by atoms with Gasteiger partial charge in [-0.25, -0.2) is 9.78 Å². The highest BCUT2D eigenvalue weighted by atomic mass is 32.1. The van der Waals surface area contributed by atoms with E-state index in [0.29, 0.717) is 11.7 Å². The fraction of sp³-hybridized carbons (Fsp3) is 0.375. The molecule has 0 aliphatic heterocycles. The molecular formula is C16H19N3O2S. The average Bonchev–Trinajstić information content (AvgIpc) is 3.05. The van der Waals surface area contributed by atoms with Crippen LogP contribution in [0.5, 0.6) is 0 Å². The zero-order valence-corrected chi connectivity index (χ0v) is 13.1. The Hall–Kier alpha value is -1.92. The smallest absolute Gasteiger partial charge is 0.324 e. The van der Waals surface area contributed by atoms with Gasteiger partial charge < -0.3 is 10.0 Å². The molecule has 0 bridgehead atoms. The first-order valence-electron chi connectivity index (χ1n) is 7.45. The highest BCUT2D eigenvalue weighted by molar-refractivity contribution is 7.13. The molecule has 0 fully saturated rings. The second-order valence-corrected chi connectivity index (χ2v) is 6.19. The normalized spacial score (nSPS) is 16.9. The highest BCUT2D eigenvalue weighted by Crippen LogP contribution is 2.34. The number of hydrogen-bond donors (Lipinski definition) is 2. The molecule has 0 spiro atoms. The summed E-state index contributed by atoms with van der Waals surface area (Å²) < 4.78 is 0. The van der Waals surface area contributed by atoms with Crippen LogP contribution in [0.2, 0.25) is 0 Å². The van der Waals surface area contributed by atoms with Crippen LogP contribution >= 0.6 is 11.3 Å². The van der Waals surface area contributed by atoms with E-state index >= 15 is 0 Å². The number of carbonyl (C=O) groups excluding carboxylic acids is 1. The van der Waals surface area contributed by atoms with Crippen LogP contribution < -0.4 is 5.32 Å². The van der Waals surface area contributed by atoms with E-state index in [1.54, 1.807) is 11.1 Å². The quantitative estimate of drug-likeness (QED) is 0.911. The molecule has 2 amide bonds. The Kier molecular flexibility index (Phi) is 4.70. The van der Waals surface area contributed by atoms with Gasteiger partial charge >= 0.3 is 6.03 Å². The molecule has 2 N–H and O–H groups in total. The molecule has 0 unspecified atom stereocenters. The van der Waals surface area contributed by atoms with Gasteiger partial charge in [0.25, 0.3) is 0 Å². The van der Waals surface area contributed by atoms with Gasteiger partial charge in [-0.15, -0.1) is 11.3 Å². The number of anilines is 1. The molecule has 116 valence electrons. The van der Waals surface area contributed by atoms with Crippen molar-refractivity contribution in [3.05, 3.63) is 47.0 Å². The van der Waals surface area contributed by atoms with Gasteiger partial charge in [-0.1, -0.05) is 24.3 Å². The Bertz CT molecular complexity index is 630. The van der Waals surface area contributed by atoms with Gasteiger partial charge in [0.2, 0.25) is 0 Å². The summed E-state index contributed by atoms with van der Waals surface area (Å²) in [6.07, 6.45) is 4.68. The molecule has 0 radical (unpaired) electrons. The lowest BCUT2D eigenvalue weighted by molar-refractivity contribution is 0.155. The lowest BCUT2D eigenvalue weighted by Crippen LogP contribution is -2.41. The Morgan fingerprint density at radius 1 is 1.45 bits per heavy atom. The predicted octanol–water partition coefficient (Wildman–Crippen LogP) is 3.05. The molecule has 2 aromatic rings. The summed E-state index contributed by atoms with van der Waals surface area (Å²) in [4.78, 5) is 18.4. The number of thiazole rings is 1. The van der Waals surface area contributed by atoms with Crippen molar-refractivity contribution in [2.75, 3.05) is 18.5 Å². The molecule has 22 heavy (non-hydrogen) atoms. The van der Waals surface area contributed by atoms with E-state index < -0.39 is 0 Å². The maximum Gasteiger partial charge on any atom is 0.324 e. The van der Waals surface area contributed by atoms with Crippen molar-refractivity contribution in [2.24, 2.45) is 0 Å². The van der Waals surface area contributed by atoms with Gasteiger partial charge in [-0.3, -0.25) is 5.32 Å². The minimum atomic E-state index is -0.203. The summed E-state index contributed by atoms with van der Waals surface area (Å²) in [5.74, 6) is 0. The van der Waals surface area contributed by atoms with Gasteiger partial charge in [0, 0.05) is 18.1 Å². The summed E-state index contributed by atoms with van der Waals surface area (Å²) in [6.45, 7) is 0.264. The third-order valence-electron chi connectivity index (χ3n) is 3.96. The molecular weight excluding hydrogens is 298 g/mol. The Morgan fingerprint density at radius 3 is 3.09 bits per heavy atom. The van der Waals surface area contributed by atoms with Crippen LogP contribution in [-0.4, -0.2) is 34.2 Å². The van der Waals surface area contributed by atoms with E-state index in [1.807, 2.05) is 17.5 Å². The maximum atomic E-state index is 12.6. The molecule has 3 rings (SSSR count). The van der Waals surface area contributed by atoms with Crippen molar-refractivity contribution in [3.63, 3.8) is 0 Å². The molecule has 1 aliphatic rings. The van der Waals surface area contributed by atoms with Crippen molar-refractivity contribution in [1.82, 2.24) is 9.88 Å². The van der Waals surface area contributed by atoms with Crippen LogP contribution in [0.15, 0.2) is 35.8 Å². The van der Waals surface area contributed by atoms with E-state index in [0.717, 1.165) is 19.3 Å². The topological polar surface area (TPSA) is 65.5 Å². The van der Waals surface area contributed by atoms with Crippen LogP contribution in [0.3, 0.4) is 0 Å². The summed E-state index contributed by atoms with van der Waals surface area (Å²) >= 11 is 1.39. The van der Waals surface area contributed by atoms with E-state index in [9.17, 15) is 9.90 Å². The standard InChI is InChI=1S/C16H19N3O2S/c20-10-9-19(16(21)18-15-17-8-11-22-15)14-7-3-5-12-4-1-2-6-13(12)14/h1-2,4,6,8,11,14,20H,3,5,7,9-10H2,(H,17,18,21)/t14-/m1/s1. The number of carbonyl (C=O) groups is 1. The molecule has 1 aromatic heterocycles. The van der Waals surface area contributed by atoms with Crippen LogP contribution in [0.25, 0.3) is 0 Å². The zero-order valence-electron chi connectivity index (χ0n) is 12.2. The van der Waals surface area contributed by atoms with Crippen LogP contribution in [0.1, 0.15) is 30.0 Å². The number of aliphatic hydroxyl groups excluding tert-OH is 1. The Balaban J connectivity index is 1.83. The lowest BCUT2D eigenvalue weighted by Gasteiger charge is -2.35. The molecule has 5 nitrogen and oxygen atoms in total. The number of benzene rings is 1. The molecule has 1 aliphatic carbocycles. The summed E-state index contributed by atoms with van der Waals surface area (Å²) in [5.41, 5.74) is 2.49. The largest absolute Gasteiger partial charge is 0.395 e. The number of urea groups is 1. The number of amides is 2. The predicted molar refractivity (Wildman–Crippen MR) is 87.0 cm³/mol. The highest BCUT2D eigenvalue weighted by Gasteiger charge is 2.29. The molecule has 0 saturated carbocycles. The minimum Gasteiger partial charge on any atom is -0.395 e. The molecule has 1 aromatic carbocycles. The van der Waals surface area contributed by atoms with Gasteiger partial charge in [0.05, 0.1) is 12.6 Å². The summed E-state index contributed by atoms with van der Waals surface area (Å²) in [5, 5.41) is 14.6. The second kappa shape index (κ2) is 6.89. The second-order valence-electron chi connectivity index (χ2n) is 5.29. The first kappa shape index (κ1) is 15.0. The van der Waals surface area contributed by atoms with Crippen molar-refractivity contribution in [2.45, 2.75) is 25.3 Å². The summed E-state index contributed by atoms with van der Waals surface area (Å²) in [6, 6.07) is 8.06. The fourth-order valence-electron chi connectivity index (χ4n) is 3.01. The van der Waals surface area contributed by atoms with E-state index in [4.69, 9.17) is 0 Å². The van der Waals surface area contributed by atoms with Gasteiger partial charge in [-0.05, 0) is 30.4 Å². The molecule has 1 atom stereocenters. The Morgan fingerprint density at radius 2 is 2.32 bits per heavy atom. The van der Waals surface area contributed by atoms with Crippen LogP contribution in [-0.2, 0) is 6.42 Å². The number of nitrogens with one attached hydrogen (secondary N) is 1. The molecule has 6 heteroatoms. The van der Waals surface area contributed by atoms with Gasteiger partial charge in [0.15, 0.2) is 5.13 Å². The minimum absolute atomic E-state index is 0.0112. The van der Waals surface area contributed by atoms with Crippen molar-refractivity contribution < 1.29 is 9.90 Å². The van der Waals surface area contributed by atoms with Crippen molar-refractivity contribution in [3.8, 4) is 0 Å². The monoisotopic (exact) mass is 317 g/mol. The number of nitrogens with zero attached hydrogens (tertiary/aromatic N) is 2. The number of aliphatic hydroxyl groups is 1. The van der Waals surface area contributed by atoms with Gasteiger partial charge in [0.1, 0.15) is 0 Å². The first-order chi connectivity index (χ1) is 10.8. The van der Waals surface area contributed by atoms with E-state index in [-0.39, 0.29) is 18.7 Å². The van der Waals surface area contributed by atoms with E-state index in [2.05, 4.69) is 22.4 Å². The zero-order chi connectivity index (χ0) is 15.4. The molecule has 1 heterocycles.